The van der Waals surface area contributed by atoms with Gasteiger partial charge in [0.1, 0.15) is 5.69 Å². The highest BCUT2D eigenvalue weighted by Crippen LogP contribution is 2.22. The van der Waals surface area contributed by atoms with Crippen LogP contribution in [0, 0.1) is 0 Å². The molecule has 0 fully saturated rings. The van der Waals surface area contributed by atoms with E-state index >= 15 is 0 Å². The molecule has 90 valence electrons. The number of hydrogen-bond donors (Lipinski definition) is 1. The van der Waals surface area contributed by atoms with Crippen LogP contribution < -0.4 is 10.5 Å². The first-order valence-corrected chi connectivity index (χ1v) is 5.35. The van der Waals surface area contributed by atoms with E-state index in [1.165, 1.54) is 7.11 Å². The fourth-order valence-corrected chi connectivity index (χ4v) is 1.43. The van der Waals surface area contributed by atoms with Crippen molar-refractivity contribution in [3.63, 3.8) is 0 Å². The maximum absolute atomic E-state index is 12.1. The maximum Gasteiger partial charge on any atom is 0.203 e. The number of ketones is 1. The maximum atomic E-state index is 12.1. The summed E-state index contributed by atoms with van der Waals surface area (Å²) >= 11 is 0. The molecule has 0 saturated heterocycles. The summed E-state index contributed by atoms with van der Waals surface area (Å²) in [6.07, 6.45) is 2.45. The van der Waals surface area contributed by atoms with Crippen molar-refractivity contribution in [3.8, 4) is 5.75 Å². The van der Waals surface area contributed by atoms with Gasteiger partial charge in [0.25, 0.3) is 0 Å². The molecule has 0 aliphatic rings. The van der Waals surface area contributed by atoms with Crippen LogP contribution in [0.5, 0.6) is 5.75 Å². The van der Waals surface area contributed by atoms with Gasteiger partial charge in [-0.3, -0.25) is 9.48 Å². The van der Waals surface area contributed by atoms with Crippen molar-refractivity contribution < 1.29 is 9.53 Å². The van der Waals surface area contributed by atoms with Crippen molar-refractivity contribution in [2.24, 2.45) is 5.73 Å². The van der Waals surface area contributed by atoms with Crippen molar-refractivity contribution in [2.45, 2.75) is 39.3 Å². The zero-order valence-corrected chi connectivity index (χ0v) is 10.3. The molecule has 5 heteroatoms. The van der Waals surface area contributed by atoms with Gasteiger partial charge >= 0.3 is 0 Å². The number of Topliss-reactive ketones (excluding diaryl/α,β-unsaturated/α-hetero) is 1. The molecule has 0 amide bonds. The standard InChI is InChI=1S/C11H19N3O2/c1-5-6-14-9(8(16-4)7-13-14)10(15)11(2,3)12/h7H,5-6,12H2,1-4H3. The van der Waals surface area contributed by atoms with Crippen LogP contribution in [-0.4, -0.2) is 28.2 Å². The number of ether oxygens (including phenoxy) is 1. The average molecular weight is 225 g/mol. The Bertz CT molecular complexity index is 377. The fourth-order valence-electron chi connectivity index (χ4n) is 1.43. The highest BCUT2D eigenvalue weighted by molar-refractivity contribution is 6.03. The van der Waals surface area contributed by atoms with Gasteiger partial charge in [-0.2, -0.15) is 5.10 Å². The smallest absolute Gasteiger partial charge is 0.203 e. The van der Waals surface area contributed by atoms with Crippen LogP contribution in [0.15, 0.2) is 6.20 Å². The molecule has 0 bridgehead atoms. The lowest BCUT2D eigenvalue weighted by Gasteiger charge is -2.18. The zero-order valence-electron chi connectivity index (χ0n) is 10.3. The largest absolute Gasteiger partial charge is 0.493 e. The van der Waals surface area contributed by atoms with E-state index in [9.17, 15) is 4.79 Å². The number of carbonyl (C=O) groups excluding carboxylic acids is 1. The quantitative estimate of drug-likeness (QED) is 0.765. The second-order valence-corrected chi connectivity index (χ2v) is 4.34. The highest BCUT2D eigenvalue weighted by atomic mass is 16.5. The van der Waals surface area contributed by atoms with Crippen LogP contribution in [0.1, 0.15) is 37.7 Å². The molecule has 2 N–H and O–H groups in total. The Morgan fingerprint density at radius 1 is 1.62 bits per heavy atom. The van der Waals surface area contributed by atoms with Crippen LogP contribution >= 0.6 is 0 Å². The van der Waals surface area contributed by atoms with E-state index < -0.39 is 5.54 Å². The van der Waals surface area contributed by atoms with Crippen LogP contribution in [-0.2, 0) is 6.54 Å². The molecular weight excluding hydrogens is 206 g/mol. The summed E-state index contributed by atoms with van der Waals surface area (Å²) in [6, 6.07) is 0. The summed E-state index contributed by atoms with van der Waals surface area (Å²) in [4.78, 5) is 12.1. The van der Waals surface area contributed by atoms with Gasteiger partial charge in [0, 0.05) is 6.54 Å². The highest BCUT2D eigenvalue weighted by Gasteiger charge is 2.30. The number of carbonyl (C=O) groups is 1. The van der Waals surface area contributed by atoms with Crippen LogP contribution in [0.3, 0.4) is 0 Å². The van der Waals surface area contributed by atoms with E-state index in [0.29, 0.717) is 18.0 Å². The first kappa shape index (κ1) is 12.7. The molecule has 1 heterocycles. The van der Waals surface area contributed by atoms with Gasteiger partial charge < -0.3 is 10.5 Å². The summed E-state index contributed by atoms with van der Waals surface area (Å²) in [6.45, 7) is 6.06. The Labute approximate surface area is 95.6 Å². The predicted octanol–water partition coefficient (Wildman–Crippen LogP) is 1.22. The molecule has 1 aromatic rings. The Morgan fingerprint density at radius 3 is 2.69 bits per heavy atom. The first-order valence-electron chi connectivity index (χ1n) is 5.35. The van der Waals surface area contributed by atoms with Crippen LogP contribution in [0.25, 0.3) is 0 Å². The number of nitrogens with two attached hydrogens (primary N) is 1. The van der Waals surface area contributed by atoms with E-state index in [0.717, 1.165) is 6.42 Å². The number of aryl methyl sites for hydroxylation is 1. The third-order valence-corrected chi connectivity index (χ3v) is 2.26. The molecule has 0 aliphatic carbocycles. The molecule has 0 spiro atoms. The molecule has 1 rings (SSSR count). The summed E-state index contributed by atoms with van der Waals surface area (Å²) in [5, 5.41) is 4.13. The molecule has 0 radical (unpaired) electrons. The Hall–Kier alpha value is -1.36. The second kappa shape index (κ2) is 4.65. The van der Waals surface area contributed by atoms with Gasteiger partial charge in [0.05, 0.1) is 18.8 Å². The van der Waals surface area contributed by atoms with Gasteiger partial charge in [-0.1, -0.05) is 6.92 Å². The van der Waals surface area contributed by atoms with Gasteiger partial charge in [-0.15, -0.1) is 0 Å². The minimum atomic E-state index is -0.918. The minimum absolute atomic E-state index is 0.157. The number of rotatable bonds is 5. The Morgan fingerprint density at radius 2 is 2.25 bits per heavy atom. The van der Waals surface area contributed by atoms with Gasteiger partial charge in [-0.05, 0) is 20.3 Å². The van der Waals surface area contributed by atoms with E-state index in [-0.39, 0.29) is 5.78 Å². The summed E-state index contributed by atoms with van der Waals surface area (Å²) < 4.78 is 6.78. The summed E-state index contributed by atoms with van der Waals surface area (Å²) in [7, 11) is 1.52. The van der Waals surface area contributed by atoms with Crippen molar-refractivity contribution in [3.05, 3.63) is 11.9 Å². The predicted molar refractivity (Wildman–Crippen MR) is 61.7 cm³/mol. The third-order valence-electron chi connectivity index (χ3n) is 2.26. The Balaban J connectivity index is 3.18. The second-order valence-electron chi connectivity index (χ2n) is 4.34. The lowest BCUT2D eigenvalue weighted by Crippen LogP contribution is -2.42. The van der Waals surface area contributed by atoms with Crippen LogP contribution in [0.4, 0.5) is 0 Å². The number of nitrogens with zero attached hydrogens (tertiary/aromatic N) is 2. The third kappa shape index (κ3) is 2.41. The monoisotopic (exact) mass is 225 g/mol. The molecule has 5 nitrogen and oxygen atoms in total. The van der Waals surface area contributed by atoms with E-state index in [1.54, 1.807) is 24.7 Å². The summed E-state index contributed by atoms with van der Waals surface area (Å²) in [5.41, 5.74) is 5.35. The van der Waals surface area contributed by atoms with Crippen molar-refractivity contribution in [1.82, 2.24) is 9.78 Å². The molecule has 0 saturated carbocycles. The van der Waals surface area contributed by atoms with Crippen molar-refractivity contribution in [1.29, 1.82) is 0 Å². The molecule has 16 heavy (non-hydrogen) atoms. The van der Waals surface area contributed by atoms with Gasteiger partial charge in [0.15, 0.2) is 5.75 Å². The molecule has 0 aromatic carbocycles. The lowest BCUT2D eigenvalue weighted by atomic mass is 9.98. The fraction of sp³-hybridized carbons (Fsp3) is 0.636. The minimum Gasteiger partial charge on any atom is -0.493 e. The molecule has 0 unspecified atom stereocenters. The normalized spacial score (nSPS) is 11.6. The zero-order chi connectivity index (χ0) is 12.3. The topological polar surface area (TPSA) is 70.1 Å². The molecule has 1 aromatic heterocycles. The Kier molecular flexibility index (Phi) is 3.70. The van der Waals surface area contributed by atoms with Gasteiger partial charge in [-0.25, -0.2) is 0 Å². The molecule has 0 aliphatic heterocycles. The molecule has 0 atom stereocenters. The number of hydrogen-bond acceptors (Lipinski definition) is 4. The molecular formula is C11H19N3O2. The van der Waals surface area contributed by atoms with Crippen LogP contribution in [0.2, 0.25) is 0 Å². The number of methoxy groups -OCH3 is 1. The average Bonchev–Trinajstić information content (AvgIpc) is 2.58. The van der Waals surface area contributed by atoms with E-state index in [2.05, 4.69) is 5.10 Å². The van der Waals surface area contributed by atoms with E-state index in [4.69, 9.17) is 10.5 Å². The van der Waals surface area contributed by atoms with Gasteiger partial charge in [0.2, 0.25) is 5.78 Å². The van der Waals surface area contributed by atoms with Crippen molar-refractivity contribution in [2.75, 3.05) is 7.11 Å². The SMILES string of the molecule is CCCn1ncc(OC)c1C(=O)C(C)(C)N. The first-order chi connectivity index (χ1) is 7.41. The number of aromatic nitrogens is 2. The van der Waals surface area contributed by atoms with Crippen molar-refractivity contribution >= 4 is 5.78 Å². The van der Waals surface area contributed by atoms with E-state index in [1.807, 2.05) is 6.92 Å². The lowest BCUT2D eigenvalue weighted by molar-refractivity contribution is 0.0899. The summed E-state index contributed by atoms with van der Waals surface area (Å²) in [5.74, 6) is 0.326.